The number of carbonyl (C=O) groups is 1. The summed E-state index contributed by atoms with van der Waals surface area (Å²) in [5, 5.41) is 3.98. The minimum absolute atomic E-state index is 0.0723. The normalized spacial score (nSPS) is 10.7. The molecule has 6 nitrogen and oxygen atoms in total. The highest BCUT2D eigenvalue weighted by Gasteiger charge is 2.16. The molecule has 0 aliphatic carbocycles. The Morgan fingerprint density at radius 3 is 2.56 bits per heavy atom. The summed E-state index contributed by atoms with van der Waals surface area (Å²) < 4.78 is 11.7. The van der Waals surface area contributed by atoms with Crippen LogP contribution in [0.3, 0.4) is 0 Å². The third-order valence-corrected chi connectivity index (χ3v) is 4.63. The third-order valence-electron chi connectivity index (χ3n) is 4.01. The predicted octanol–water partition coefficient (Wildman–Crippen LogP) is 4.15. The van der Waals surface area contributed by atoms with Gasteiger partial charge in [-0.15, -0.1) is 0 Å². The quantitative estimate of drug-likeness (QED) is 0.588. The van der Waals surface area contributed by atoms with Crippen LogP contribution < -0.4 is 4.74 Å². The summed E-state index contributed by atoms with van der Waals surface area (Å²) in [6.07, 6.45) is 0. The maximum absolute atomic E-state index is 12.3. The van der Waals surface area contributed by atoms with Crippen LogP contribution in [0.5, 0.6) is 5.75 Å². The Morgan fingerprint density at radius 1 is 1.15 bits per heavy atom. The zero-order valence-electron chi connectivity index (χ0n) is 15.4. The van der Waals surface area contributed by atoms with Crippen molar-refractivity contribution < 1.29 is 14.1 Å². The van der Waals surface area contributed by atoms with E-state index in [0.717, 1.165) is 21.2 Å². The van der Waals surface area contributed by atoms with Gasteiger partial charge in [-0.05, 0) is 47.5 Å². The van der Waals surface area contributed by atoms with E-state index in [2.05, 4.69) is 26.1 Å². The van der Waals surface area contributed by atoms with Crippen molar-refractivity contribution >= 4 is 21.8 Å². The van der Waals surface area contributed by atoms with Crippen molar-refractivity contribution in [3.05, 3.63) is 64.0 Å². The molecule has 0 aliphatic heterocycles. The van der Waals surface area contributed by atoms with Crippen LogP contribution in [-0.2, 0) is 11.3 Å². The molecule has 0 bridgehead atoms. The van der Waals surface area contributed by atoms with Crippen LogP contribution in [0.15, 0.2) is 51.5 Å². The Bertz CT molecular complexity index is 938. The van der Waals surface area contributed by atoms with Crippen molar-refractivity contribution in [3.8, 4) is 17.1 Å². The van der Waals surface area contributed by atoms with Gasteiger partial charge in [0.2, 0.25) is 11.7 Å². The predicted molar refractivity (Wildman–Crippen MR) is 105 cm³/mol. The molecule has 7 heteroatoms. The second kappa shape index (κ2) is 8.35. The van der Waals surface area contributed by atoms with Gasteiger partial charge in [-0.2, -0.15) is 4.98 Å². The molecular formula is C20H20BrN3O3. The smallest absolute Gasteiger partial charge is 0.260 e. The highest BCUT2D eigenvalue weighted by Crippen LogP contribution is 2.25. The SMILES string of the molecule is Cc1ccc(-c2noc(CN(C)C(=O)COc3ccc(C)cc3Br)n2)cc1. The lowest BCUT2D eigenvalue weighted by molar-refractivity contribution is -0.132. The summed E-state index contributed by atoms with van der Waals surface area (Å²) >= 11 is 3.43. The topological polar surface area (TPSA) is 68.5 Å². The highest BCUT2D eigenvalue weighted by molar-refractivity contribution is 9.10. The van der Waals surface area contributed by atoms with Gasteiger partial charge < -0.3 is 14.2 Å². The van der Waals surface area contributed by atoms with Crippen molar-refractivity contribution in [2.45, 2.75) is 20.4 Å². The fourth-order valence-corrected chi connectivity index (χ4v) is 3.01. The second-order valence-corrected chi connectivity index (χ2v) is 7.20. The van der Waals surface area contributed by atoms with Gasteiger partial charge >= 0.3 is 0 Å². The molecule has 0 unspecified atom stereocenters. The molecule has 1 heterocycles. The lowest BCUT2D eigenvalue weighted by atomic mass is 10.1. The Balaban J connectivity index is 1.57. The second-order valence-electron chi connectivity index (χ2n) is 6.35. The highest BCUT2D eigenvalue weighted by atomic mass is 79.9. The van der Waals surface area contributed by atoms with Crippen LogP contribution in [0.4, 0.5) is 0 Å². The lowest BCUT2D eigenvalue weighted by Crippen LogP contribution is -2.31. The number of ether oxygens (including phenoxy) is 1. The first-order valence-corrected chi connectivity index (χ1v) is 9.24. The average molecular weight is 430 g/mol. The molecule has 0 aliphatic rings. The number of carbonyl (C=O) groups excluding carboxylic acids is 1. The largest absolute Gasteiger partial charge is 0.483 e. The van der Waals surface area contributed by atoms with Crippen LogP contribution in [0.1, 0.15) is 17.0 Å². The van der Waals surface area contributed by atoms with E-state index in [0.29, 0.717) is 17.5 Å². The van der Waals surface area contributed by atoms with Crippen LogP contribution in [0.2, 0.25) is 0 Å². The number of likely N-dealkylation sites (N-methyl/N-ethyl adjacent to an activating group) is 1. The molecule has 1 amide bonds. The fraction of sp³-hybridized carbons (Fsp3) is 0.250. The van der Waals surface area contributed by atoms with Gasteiger partial charge in [-0.3, -0.25) is 4.79 Å². The van der Waals surface area contributed by atoms with Gasteiger partial charge in [0.05, 0.1) is 11.0 Å². The van der Waals surface area contributed by atoms with Crippen molar-refractivity contribution in [1.29, 1.82) is 0 Å². The Morgan fingerprint density at radius 2 is 1.85 bits per heavy atom. The number of hydrogen-bond donors (Lipinski definition) is 0. The summed E-state index contributed by atoms with van der Waals surface area (Å²) in [5.41, 5.74) is 3.14. The molecule has 1 aromatic heterocycles. The number of aryl methyl sites for hydroxylation is 2. The average Bonchev–Trinajstić information content (AvgIpc) is 3.09. The number of nitrogens with zero attached hydrogens (tertiary/aromatic N) is 3. The maximum Gasteiger partial charge on any atom is 0.260 e. The summed E-state index contributed by atoms with van der Waals surface area (Å²) in [4.78, 5) is 18.2. The summed E-state index contributed by atoms with van der Waals surface area (Å²) in [7, 11) is 1.67. The number of rotatable bonds is 6. The molecule has 0 radical (unpaired) electrons. The summed E-state index contributed by atoms with van der Waals surface area (Å²) in [6, 6.07) is 13.5. The van der Waals surface area contributed by atoms with Gasteiger partial charge in [0.1, 0.15) is 5.75 Å². The minimum atomic E-state index is -0.183. The van der Waals surface area contributed by atoms with E-state index in [-0.39, 0.29) is 19.1 Å². The molecule has 0 atom stereocenters. The van der Waals surface area contributed by atoms with Gasteiger partial charge in [-0.25, -0.2) is 0 Å². The number of halogens is 1. The molecule has 3 rings (SSSR count). The van der Waals surface area contributed by atoms with Gasteiger partial charge in [-0.1, -0.05) is 41.1 Å². The molecule has 0 saturated heterocycles. The lowest BCUT2D eigenvalue weighted by Gasteiger charge is -2.15. The van der Waals surface area contributed by atoms with E-state index in [9.17, 15) is 4.79 Å². The Labute approximate surface area is 166 Å². The summed E-state index contributed by atoms with van der Waals surface area (Å²) in [6.45, 7) is 4.15. The van der Waals surface area contributed by atoms with E-state index in [1.165, 1.54) is 4.90 Å². The van der Waals surface area contributed by atoms with E-state index in [4.69, 9.17) is 9.26 Å². The van der Waals surface area contributed by atoms with Crippen LogP contribution in [0.25, 0.3) is 11.4 Å². The van der Waals surface area contributed by atoms with Gasteiger partial charge in [0.15, 0.2) is 6.61 Å². The molecule has 0 saturated carbocycles. The maximum atomic E-state index is 12.3. The van der Waals surface area contributed by atoms with E-state index < -0.39 is 0 Å². The van der Waals surface area contributed by atoms with Crippen LogP contribution in [-0.4, -0.2) is 34.6 Å². The standard InChI is InChI=1S/C20H20BrN3O3/c1-13-4-7-15(8-5-13)20-22-18(27-23-20)11-24(3)19(25)12-26-17-9-6-14(2)10-16(17)21/h4-10H,11-12H2,1-3H3. The van der Waals surface area contributed by atoms with Crippen molar-refractivity contribution in [3.63, 3.8) is 0 Å². The molecular weight excluding hydrogens is 410 g/mol. The minimum Gasteiger partial charge on any atom is -0.483 e. The Hall–Kier alpha value is -2.67. The molecule has 0 N–H and O–H groups in total. The molecule has 3 aromatic rings. The van der Waals surface area contributed by atoms with Crippen LogP contribution >= 0.6 is 15.9 Å². The third kappa shape index (κ3) is 4.95. The van der Waals surface area contributed by atoms with E-state index >= 15 is 0 Å². The molecule has 140 valence electrons. The van der Waals surface area contributed by atoms with Crippen LogP contribution in [0, 0.1) is 13.8 Å². The van der Waals surface area contributed by atoms with Gasteiger partial charge in [0, 0.05) is 12.6 Å². The first-order chi connectivity index (χ1) is 12.9. The molecule has 27 heavy (non-hydrogen) atoms. The fourth-order valence-electron chi connectivity index (χ4n) is 2.40. The zero-order chi connectivity index (χ0) is 19.4. The van der Waals surface area contributed by atoms with Crippen molar-refractivity contribution in [1.82, 2.24) is 15.0 Å². The van der Waals surface area contributed by atoms with E-state index in [1.54, 1.807) is 7.05 Å². The monoisotopic (exact) mass is 429 g/mol. The molecule has 2 aromatic carbocycles. The van der Waals surface area contributed by atoms with Crippen molar-refractivity contribution in [2.75, 3.05) is 13.7 Å². The Kier molecular flexibility index (Phi) is 5.91. The zero-order valence-corrected chi connectivity index (χ0v) is 17.0. The number of aromatic nitrogens is 2. The van der Waals surface area contributed by atoms with Gasteiger partial charge in [0.25, 0.3) is 5.91 Å². The number of hydrogen-bond acceptors (Lipinski definition) is 5. The number of benzene rings is 2. The molecule has 0 spiro atoms. The first kappa shape index (κ1) is 19.1. The van der Waals surface area contributed by atoms with E-state index in [1.807, 2.05) is 56.3 Å². The van der Waals surface area contributed by atoms with Crippen molar-refractivity contribution in [2.24, 2.45) is 0 Å². The molecule has 0 fully saturated rings. The first-order valence-electron chi connectivity index (χ1n) is 8.45. The summed E-state index contributed by atoms with van der Waals surface area (Å²) in [5.74, 6) is 1.32. The number of amides is 1.